The molecule has 1 fully saturated rings. The average molecular weight is 711 g/mol. The first-order valence-corrected chi connectivity index (χ1v) is 20.2. The van der Waals surface area contributed by atoms with E-state index in [-0.39, 0.29) is 12.1 Å². The van der Waals surface area contributed by atoms with Crippen LogP contribution < -0.4 is 26.2 Å². The van der Waals surface area contributed by atoms with E-state index >= 15 is 0 Å². The number of anilines is 6. The molecule has 0 N–H and O–H groups in total. The van der Waals surface area contributed by atoms with Crippen LogP contribution in [-0.4, -0.2) is 6.71 Å². The Morgan fingerprint density at radius 2 is 0.927 bits per heavy atom. The lowest BCUT2D eigenvalue weighted by atomic mass is 9.33. The van der Waals surface area contributed by atoms with Gasteiger partial charge in [-0.3, -0.25) is 0 Å². The van der Waals surface area contributed by atoms with Crippen molar-refractivity contribution in [2.75, 3.05) is 9.80 Å². The van der Waals surface area contributed by atoms with Crippen LogP contribution >= 0.6 is 0 Å². The maximum atomic E-state index is 2.61. The topological polar surface area (TPSA) is 6.48 Å². The monoisotopic (exact) mass is 710 g/mol. The first-order valence-electron chi connectivity index (χ1n) is 20.2. The third kappa shape index (κ3) is 5.89. The summed E-state index contributed by atoms with van der Waals surface area (Å²) < 4.78 is 0. The van der Waals surface area contributed by atoms with E-state index in [1.165, 1.54) is 116 Å². The van der Waals surface area contributed by atoms with Crippen LogP contribution in [0.25, 0.3) is 22.3 Å². The molecule has 0 spiro atoms. The minimum atomic E-state index is -0.0487. The van der Waals surface area contributed by atoms with E-state index in [0.717, 1.165) is 0 Å². The predicted molar refractivity (Wildman–Crippen MR) is 236 cm³/mol. The third-order valence-electron chi connectivity index (χ3n) is 12.4. The molecule has 7 aromatic carbocycles. The zero-order valence-electron chi connectivity index (χ0n) is 32.2. The molecule has 0 radical (unpaired) electrons. The minimum Gasteiger partial charge on any atom is -0.311 e. The van der Waals surface area contributed by atoms with E-state index in [1.54, 1.807) is 0 Å². The molecule has 7 aromatic rings. The van der Waals surface area contributed by atoms with Crippen LogP contribution in [0.1, 0.15) is 69.9 Å². The van der Waals surface area contributed by atoms with Gasteiger partial charge in [0.2, 0.25) is 0 Å². The highest BCUT2D eigenvalue weighted by Gasteiger charge is 2.44. The molecule has 0 bridgehead atoms. The molecule has 0 atom stereocenters. The highest BCUT2D eigenvalue weighted by Crippen LogP contribution is 2.47. The van der Waals surface area contributed by atoms with Crippen molar-refractivity contribution in [3.8, 4) is 22.3 Å². The number of fused-ring (bicyclic) bond motifs is 4. The quantitative estimate of drug-likeness (QED) is 0.164. The number of hydrogen-bond donors (Lipinski definition) is 0. The summed E-state index contributed by atoms with van der Waals surface area (Å²) in [5.41, 5.74) is 19.4. The Morgan fingerprint density at radius 1 is 0.455 bits per heavy atom. The fourth-order valence-corrected chi connectivity index (χ4v) is 9.52. The van der Waals surface area contributed by atoms with Gasteiger partial charge < -0.3 is 9.80 Å². The summed E-state index contributed by atoms with van der Waals surface area (Å²) in [5, 5.41) is 0. The molecule has 55 heavy (non-hydrogen) atoms. The summed E-state index contributed by atoms with van der Waals surface area (Å²) in [4.78, 5) is 5.10. The van der Waals surface area contributed by atoms with Crippen molar-refractivity contribution < 1.29 is 0 Å². The van der Waals surface area contributed by atoms with Crippen molar-refractivity contribution in [1.29, 1.82) is 0 Å². The van der Waals surface area contributed by atoms with E-state index in [9.17, 15) is 0 Å². The van der Waals surface area contributed by atoms with E-state index < -0.39 is 0 Å². The minimum absolute atomic E-state index is 0.0487. The van der Waals surface area contributed by atoms with Gasteiger partial charge in [-0.25, -0.2) is 0 Å². The van der Waals surface area contributed by atoms with Gasteiger partial charge in [-0.2, -0.15) is 0 Å². The van der Waals surface area contributed by atoms with Gasteiger partial charge in [0, 0.05) is 34.1 Å². The molecule has 3 aliphatic rings. The lowest BCUT2D eigenvalue weighted by Crippen LogP contribution is -2.61. The van der Waals surface area contributed by atoms with Gasteiger partial charge in [0.05, 0.1) is 0 Å². The van der Waals surface area contributed by atoms with Crippen LogP contribution in [0.5, 0.6) is 0 Å². The number of nitrogens with zero attached hydrogens (tertiary/aromatic N) is 2. The molecule has 268 valence electrons. The Labute approximate surface area is 327 Å². The predicted octanol–water partition coefficient (Wildman–Crippen LogP) is 12.4. The Kier molecular flexibility index (Phi) is 8.28. The van der Waals surface area contributed by atoms with Crippen LogP contribution in [0.4, 0.5) is 34.1 Å². The summed E-state index contributed by atoms with van der Waals surface area (Å²) in [6.45, 7) is 7.12. The summed E-state index contributed by atoms with van der Waals surface area (Å²) >= 11 is 0. The Bertz CT molecular complexity index is 2480. The van der Waals surface area contributed by atoms with Gasteiger partial charge >= 0.3 is 0 Å². The maximum Gasteiger partial charge on any atom is 0.252 e. The van der Waals surface area contributed by atoms with Crippen LogP contribution in [0.2, 0.25) is 0 Å². The van der Waals surface area contributed by atoms with Gasteiger partial charge in [0.15, 0.2) is 0 Å². The molecule has 2 nitrogen and oxygen atoms in total. The Morgan fingerprint density at radius 3 is 1.49 bits per heavy atom. The second kappa shape index (κ2) is 13.5. The molecule has 3 heteroatoms. The molecule has 2 aliphatic heterocycles. The van der Waals surface area contributed by atoms with Gasteiger partial charge in [-0.1, -0.05) is 155 Å². The van der Waals surface area contributed by atoms with Crippen LogP contribution in [0, 0.1) is 0 Å². The van der Waals surface area contributed by atoms with Crippen molar-refractivity contribution in [3.63, 3.8) is 0 Å². The first-order chi connectivity index (χ1) is 26.9. The van der Waals surface area contributed by atoms with Crippen molar-refractivity contribution in [1.82, 2.24) is 0 Å². The second-order valence-corrected chi connectivity index (χ2v) is 16.8. The highest BCUT2D eigenvalue weighted by molar-refractivity contribution is 7.00. The largest absolute Gasteiger partial charge is 0.311 e. The molecule has 1 aliphatic carbocycles. The van der Waals surface area contributed by atoms with E-state index in [2.05, 4.69) is 194 Å². The molecule has 0 aromatic heterocycles. The number of para-hydroxylation sites is 2. The maximum absolute atomic E-state index is 2.61. The van der Waals surface area contributed by atoms with Crippen molar-refractivity contribution >= 4 is 57.2 Å². The van der Waals surface area contributed by atoms with E-state index in [4.69, 9.17) is 0 Å². The van der Waals surface area contributed by atoms with Gasteiger partial charge in [0.1, 0.15) is 0 Å². The van der Waals surface area contributed by atoms with Crippen molar-refractivity contribution in [2.45, 2.75) is 64.2 Å². The van der Waals surface area contributed by atoms with Gasteiger partial charge in [-0.05, 0) is 122 Å². The lowest BCUT2D eigenvalue weighted by Gasteiger charge is -2.45. The molecule has 2 heterocycles. The normalized spacial score (nSPS) is 15.0. The number of benzene rings is 7. The smallest absolute Gasteiger partial charge is 0.252 e. The van der Waals surface area contributed by atoms with E-state index in [0.29, 0.717) is 5.92 Å². The van der Waals surface area contributed by atoms with Crippen LogP contribution in [0.15, 0.2) is 164 Å². The van der Waals surface area contributed by atoms with E-state index in [1.807, 2.05) is 0 Å². The third-order valence-corrected chi connectivity index (χ3v) is 12.4. The molecule has 1 saturated carbocycles. The highest BCUT2D eigenvalue weighted by atomic mass is 15.2. The summed E-state index contributed by atoms with van der Waals surface area (Å²) in [6.07, 6.45) is 6.57. The standard InChI is InChI=1S/C52H47BN2/c1-52(2,3)42-34-49-51-50(35-42)55(44-22-14-7-15-23-44)48-31-29-41(39-26-24-38(25-27-39)36-16-8-4-9-17-36)33-46(48)53(51)45-32-40(37-18-10-5-11-19-37)28-30-47(45)54(49)43-20-12-6-13-21-43/h4,6-9,12-17,20-35,37H,5,10-11,18-19H2,1-3H3. The van der Waals surface area contributed by atoms with Gasteiger partial charge in [-0.15, -0.1) is 0 Å². The first kappa shape index (κ1) is 33.7. The fraction of sp³-hybridized carbons (Fsp3) is 0.192. The summed E-state index contributed by atoms with van der Waals surface area (Å²) in [7, 11) is 0. The molecule has 0 amide bonds. The molecule has 10 rings (SSSR count). The summed E-state index contributed by atoms with van der Waals surface area (Å²) in [6, 6.07) is 61.6. The number of rotatable bonds is 5. The Hall–Kier alpha value is -5.80. The van der Waals surface area contributed by atoms with Gasteiger partial charge in [0.25, 0.3) is 6.71 Å². The molecule has 0 unspecified atom stereocenters. The SMILES string of the molecule is CC(C)(C)c1cc2c3c(c1)N(c1ccccc1)c1ccc(C4CCCCC4)cc1B3c1cc(-c3ccc(-c4ccccc4)cc3)ccc1N2c1ccccc1. The second-order valence-electron chi connectivity index (χ2n) is 16.8. The zero-order valence-corrected chi connectivity index (χ0v) is 32.2. The average Bonchev–Trinajstić information content (AvgIpc) is 3.24. The summed E-state index contributed by atoms with van der Waals surface area (Å²) in [5.74, 6) is 0.617. The van der Waals surface area contributed by atoms with Crippen molar-refractivity contribution in [2.24, 2.45) is 0 Å². The number of hydrogen-bond acceptors (Lipinski definition) is 2. The molecular formula is C52H47BN2. The van der Waals surface area contributed by atoms with Crippen LogP contribution in [0.3, 0.4) is 0 Å². The zero-order chi connectivity index (χ0) is 37.1. The lowest BCUT2D eigenvalue weighted by molar-refractivity contribution is 0.444. The molecular weight excluding hydrogens is 663 g/mol. The van der Waals surface area contributed by atoms with Crippen molar-refractivity contribution in [3.05, 3.63) is 175 Å². The Balaban J connectivity index is 1.24. The molecule has 0 saturated heterocycles. The fourth-order valence-electron chi connectivity index (χ4n) is 9.52. The van der Waals surface area contributed by atoms with Crippen LogP contribution in [-0.2, 0) is 5.41 Å².